The van der Waals surface area contributed by atoms with Crippen LogP contribution in [0.25, 0.3) is 11.1 Å². The number of nitrogens with zero attached hydrogens (tertiary/aromatic N) is 2. The van der Waals surface area contributed by atoms with Crippen molar-refractivity contribution < 1.29 is 4.42 Å². The third-order valence-electron chi connectivity index (χ3n) is 4.36. The Hall–Kier alpha value is -1.55. The summed E-state index contributed by atoms with van der Waals surface area (Å²) in [4.78, 5) is 6.98. The maximum atomic E-state index is 5.53. The van der Waals surface area contributed by atoms with Crippen molar-refractivity contribution in [2.75, 3.05) is 18.4 Å². The van der Waals surface area contributed by atoms with Crippen LogP contribution in [0.3, 0.4) is 0 Å². The molecule has 1 fully saturated rings. The molecule has 0 radical (unpaired) electrons. The summed E-state index contributed by atoms with van der Waals surface area (Å²) in [6.07, 6.45) is 3.70. The van der Waals surface area contributed by atoms with Gasteiger partial charge in [-0.2, -0.15) is 0 Å². The monoisotopic (exact) mass is 287 g/mol. The third-order valence-corrected chi connectivity index (χ3v) is 4.36. The summed E-state index contributed by atoms with van der Waals surface area (Å²) < 4.78 is 5.53. The first-order chi connectivity index (χ1) is 10.1. The van der Waals surface area contributed by atoms with Gasteiger partial charge in [0.1, 0.15) is 5.52 Å². The van der Waals surface area contributed by atoms with Crippen molar-refractivity contribution in [3.63, 3.8) is 0 Å². The van der Waals surface area contributed by atoms with Crippen molar-refractivity contribution in [3.05, 3.63) is 24.1 Å². The first-order valence-corrected chi connectivity index (χ1v) is 7.99. The minimum atomic E-state index is 0.555. The number of nitrogens with one attached hydrogen (secondary N) is 1. The fraction of sp³-hybridized carbons (Fsp3) is 0.588. The van der Waals surface area contributed by atoms with Gasteiger partial charge in [0.25, 0.3) is 0 Å². The van der Waals surface area contributed by atoms with Gasteiger partial charge in [0.2, 0.25) is 0 Å². The van der Waals surface area contributed by atoms with Crippen LogP contribution in [0, 0.1) is 6.92 Å². The number of hydrogen-bond acceptors (Lipinski definition) is 4. The molecule has 1 aliphatic heterocycles. The van der Waals surface area contributed by atoms with Crippen LogP contribution in [0.15, 0.2) is 22.6 Å². The summed E-state index contributed by atoms with van der Waals surface area (Å²) in [5.74, 6) is 0.726. The van der Waals surface area contributed by atoms with Crippen molar-refractivity contribution in [1.82, 2.24) is 9.88 Å². The zero-order valence-electron chi connectivity index (χ0n) is 13.2. The van der Waals surface area contributed by atoms with Crippen molar-refractivity contribution in [2.24, 2.45) is 0 Å². The number of aryl methyl sites for hydroxylation is 1. The van der Waals surface area contributed by atoms with Gasteiger partial charge >= 0.3 is 0 Å². The smallest absolute Gasteiger partial charge is 0.192 e. The SMILES string of the molecule is Cc1nc2cc(NC3CCCN(C(C)C)CC3)ccc2o1. The Labute approximate surface area is 126 Å². The molecular formula is C17H25N3O. The molecule has 114 valence electrons. The molecule has 4 heteroatoms. The molecule has 0 spiro atoms. The molecule has 1 atom stereocenters. The van der Waals surface area contributed by atoms with E-state index < -0.39 is 0 Å². The molecule has 0 bridgehead atoms. The van der Waals surface area contributed by atoms with Crippen molar-refractivity contribution in [3.8, 4) is 0 Å². The van der Waals surface area contributed by atoms with E-state index in [-0.39, 0.29) is 0 Å². The molecule has 21 heavy (non-hydrogen) atoms. The van der Waals surface area contributed by atoms with Gasteiger partial charge in [-0.1, -0.05) is 0 Å². The zero-order chi connectivity index (χ0) is 14.8. The Morgan fingerprint density at radius 2 is 2.14 bits per heavy atom. The number of likely N-dealkylation sites (tertiary alicyclic amines) is 1. The normalized spacial score (nSPS) is 20.9. The molecule has 1 aromatic heterocycles. The van der Waals surface area contributed by atoms with E-state index in [9.17, 15) is 0 Å². The average Bonchev–Trinajstić information content (AvgIpc) is 2.65. The highest BCUT2D eigenvalue weighted by molar-refractivity contribution is 5.77. The molecule has 0 amide bonds. The van der Waals surface area contributed by atoms with E-state index in [1.807, 2.05) is 13.0 Å². The number of benzene rings is 1. The molecule has 0 aliphatic carbocycles. The van der Waals surface area contributed by atoms with Crippen molar-refractivity contribution in [2.45, 2.75) is 52.1 Å². The van der Waals surface area contributed by atoms with Gasteiger partial charge in [-0.25, -0.2) is 4.98 Å². The first-order valence-electron chi connectivity index (χ1n) is 7.99. The quantitative estimate of drug-likeness (QED) is 0.932. The molecule has 1 unspecified atom stereocenters. The Balaban J connectivity index is 1.67. The lowest BCUT2D eigenvalue weighted by Crippen LogP contribution is -2.32. The number of anilines is 1. The summed E-state index contributed by atoms with van der Waals surface area (Å²) >= 11 is 0. The molecule has 4 nitrogen and oxygen atoms in total. The van der Waals surface area contributed by atoms with Crippen molar-refractivity contribution in [1.29, 1.82) is 0 Å². The van der Waals surface area contributed by atoms with Gasteiger partial charge in [0.15, 0.2) is 11.5 Å². The molecule has 1 aromatic carbocycles. The molecule has 3 rings (SSSR count). The molecule has 1 saturated heterocycles. The zero-order valence-corrected chi connectivity index (χ0v) is 13.2. The predicted molar refractivity (Wildman–Crippen MR) is 86.7 cm³/mol. The maximum Gasteiger partial charge on any atom is 0.192 e. The van der Waals surface area contributed by atoms with Crippen molar-refractivity contribution >= 4 is 16.8 Å². The minimum absolute atomic E-state index is 0.555. The van der Waals surface area contributed by atoms with Crippen LogP contribution >= 0.6 is 0 Å². The first kappa shape index (κ1) is 14.4. The van der Waals surface area contributed by atoms with E-state index in [0.29, 0.717) is 12.1 Å². The van der Waals surface area contributed by atoms with Gasteiger partial charge in [-0.15, -0.1) is 0 Å². The van der Waals surface area contributed by atoms with E-state index in [0.717, 1.165) is 22.7 Å². The standard InChI is InChI=1S/C17H25N3O/c1-12(2)20-9-4-5-14(8-10-20)19-15-6-7-17-16(11-15)18-13(3)21-17/h6-7,11-12,14,19H,4-5,8-10H2,1-3H3. The predicted octanol–water partition coefficient (Wildman–Crippen LogP) is 3.81. The second kappa shape index (κ2) is 6.06. The van der Waals surface area contributed by atoms with Crippen LogP contribution < -0.4 is 5.32 Å². The summed E-state index contributed by atoms with van der Waals surface area (Å²) in [6.45, 7) is 8.86. The Kier molecular flexibility index (Phi) is 4.15. The fourth-order valence-electron chi connectivity index (χ4n) is 3.15. The largest absolute Gasteiger partial charge is 0.441 e. The second-order valence-electron chi connectivity index (χ2n) is 6.32. The van der Waals surface area contributed by atoms with Gasteiger partial charge in [-0.3, -0.25) is 0 Å². The van der Waals surface area contributed by atoms with Crippen LogP contribution in [0.1, 0.15) is 39.0 Å². The average molecular weight is 287 g/mol. The fourth-order valence-corrected chi connectivity index (χ4v) is 3.15. The van der Waals surface area contributed by atoms with Gasteiger partial charge in [-0.05, 0) is 57.9 Å². The number of fused-ring (bicyclic) bond motifs is 1. The highest BCUT2D eigenvalue weighted by Gasteiger charge is 2.18. The Morgan fingerprint density at radius 1 is 1.29 bits per heavy atom. The van der Waals surface area contributed by atoms with Crippen LogP contribution in [0.5, 0.6) is 0 Å². The molecular weight excluding hydrogens is 262 g/mol. The minimum Gasteiger partial charge on any atom is -0.441 e. The summed E-state index contributed by atoms with van der Waals surface area (Å²) in [7, 11) is 0. The number of rotatable bonds is 3. The van der Waals surface area contributed by atoms with Crippen LogP contribution in [-0.2, 0) is 0 Å². The van der Waals surface area contributed by atoms with Gasteiger partial charge < -0.3 is 14.6 Å². The molecule has 2 aromatic rings. The maximum absolute atomic E-state index is 5.53. The summed E-state index contributed by atoms with van der Waals surface area (Å²) in [5.41, 5.74) is 2.96. The summed E-state index contributed by atoms with van der Waals surface area (Å²) in [6, 6.07) is 7.40. The van der Waals surface area contributed by atoms with E-state index in [4.69, 9.17) is 4.42 Å². The molecule has 1 aliphatic rings. The highest BCUT2D eigenvalue weighted by atomic mass is 16.3. The lowest BCUT2D eigenvalue weighted by molar-refractivity contribution is 0.230. The molecule has 1 N–H and O–H groups in total. The summed E-state index contributed by atoms with van der Waals surface area (Å²) in [5, 5.41) is 3.67. The van der Waals surface area contributed by atoms with Crippen LogP contribution in [0.4, 0.5) is 5.69 Å². The molecule has 2 heterocycles. The van der Waals surface area contributed by atoms with E-state index >= 15 is 0 Å². The van der Waals surface area contributed by atoms with Crippen LogP contribution in [0.2, 0.25) is 0 Å². The lowest BCUT2D eigenvalue weighted by Gasteiger charge is -2.24. The molecule has 0 saturated carbocycles. The third kappa shape index (κ3) is 3.38. The number of oxazole rings is 1. The van der Waals surface area contributed by atoms with E-state index in [1.54, 1.807) is 0 Å². The Morgan fingerprint density at radius 3 is 2.95 bits per heavy atom. The van der Waals surface area contributed by atoms with Gasteiger partial charge in [0.05, 0.1) is 0 Å². The Bertz CT molecular complexity index is 605. The van der Waals surface area contributed by atoms with E-state index in [1.165, 1.54) is 32.4 Å². The van der Waals surface area contributed by atoms with Crippen LogP contribution in [-0.4, -0.2) is 35.1 Å². The van der Waals surface area contributed by atoms with E-state index in [2.05, 4.69) is 41.2 Å². The lowest BCUT2D eigenvalue weighted by atomic mass is 10.1. The highest BCUT2D eigenvalue weighted by Crippen LogP contribution is 2.22. The topological polar surface area (TPSA) is 41.3 Å². The number of hydrogen-bond donors (Lipinski definition) is 1. The second-order valence-corrected chi connectivity index (χ2v) is 6.32. The number of aromatic nitrogens is 1. The van der Waals surface area contributed by atoms with Gasteiger partial charge in [0, 0.05) is 31.2 Å².